The lowest BCUT2D eigenvalue weighted by Gasteiger charge is -2.38. The first-order chi connectivity index (χ1) is 15.1. The number of rotatable bonds is 4. The van der Waals surface area contributed by atoms with Crippen LogP contribution >= 0.6 is 0 Å². The fourth-order valence-corrected chi connectivity index (χ4v) is 4.10. The van der Waals surface area contributed by atoms with Gasteiger partial charge in [-0.3, -0.25) is 0 Å². The van der Waals surface area contributed by atoms with Gasteiger partial charge in [0.2, 0.25) is 6.23 Å². The summed E-state index contributed by atoms with van der Waals surface area (Å²) in [6, 6.07) is 16.9. The summed E-state index contributed by atoms with van der Waals surface area (Å²) in [5.41, 5.74) is 3.24. The van der Waals surface area contributed by atoms with Gasteiger partial charge in [0.15, 0.2) is 11.5 Å². The summed E-state index contributed by atoms with van der Waals surface area (Å²) in [6.07, 6.45) is 0.210. The molecular weight excluding hydrogens is 396 g/mol. The summed E-state index contributed by atoms with van der Waals surface area (Å²) in [5.74, 6) is 2.61. The van der Waals surface area contributed by atoms with Gasteiger partial charge in [0.25, 0.3) is 0 Å². The Morgan fingerprint density at radius 2 is 1.90 bits per heavy atom. The van der Waals surface area contributed by atoms with Crippen LogP contribution in [0.3, 0.4) is 0 Å². The molecule has 2 aromatic carbocycles. The fraction of sp³-hybridized carbons (Fsp3) is 0.250. The van der Waals surface area contributed by atoms with E-state index in [1.54, 1.807) is 19.2 Å². The number of furan rings is 1. The summed E-state index contributed by atoms with van der Waals surface area (Å²) >= 11 is 0. The molecule has 7 nitrogen and oxygen atoms in total. The molecule has 0 unspecified atom stereocenters. The molecule has 0 amide bonds. The molecule has 7 heteroatoms. The number of carbonyl (C=O) groups is 1. The maximum atomic E-state index is 11.8. The maximum Gasteiger partial charge on any atom is 0.337 e. The van der Waals surface area contributed by atoms with Crippen LogP contribution in [0.5, 0.6) is 11.5 Å². The van der Waals surface area contributed by atoms with E-state index in [0.29, 0.717) is 23.5 Å². The van der Waals surface area contributed by atoms with E-state index in [2.05, 4.69) is 0 Å². The Kier molecular flexibility index (Phi) is 4.66. The van der Waals surface area contributed by atoms with E-state index in [1.165, 1.54) is 7.11 Å². The lowest BCUT2D eigenvalue weighted by atomic mass is 9.97. The summed E-state index contributed by atoms with van der Waals surface area (Å²) in [4.78, 5) is 11.8. The van der Waals surface area contributed by atoms with E-state index in [1.807, 2.05) is 54.4 Å². The van der Waals surface area contributed by atoms with E-state index in [0.717, 1.165) is 28.4 Å². The van der Waals surface area contributed by atoms with Crippen molar-refractivity contribution in [3.63, 3.8) is 0 Å². The second-order valence-corrected chi connectivity index (χ2v) is 7.52. The molecular formula is C24H22N2O5. The largest absolute Gasteiger partial charge is 0.493 e. The quantitative estimate of drug-likeness (QED) is 0.576. The molecule has 0 saturated heterocycles. The van der Waals surface area contributed by atoms with Crippen LogP contribution in [0.2, 0.25) is 0 Å². The SMILES string of the molecule is COC(=O)c1ccc([C@@H]2Oc3c(OC)cccc3[C@H]3CC(c4ccc(C)o4)=NN32)cc1. The highest BCUT2D eigenvalue weighted by Crippen LogP contribution is 2.50. The van der Waals surface area contributed by atoms with Crippen LogP contribution < -0.4 is 9.47 Å². The molecule has 0 spiro atoms. The molecule has 31 heavy (non-hydrogen) atoms. The van der Waals surface area contributed by atoms with Gasteiger partial charge in [-0.05, 0) is 37.3 Å². The number of para-hydroxylation sites is 1. The molecule has 5 rings (SSSR count). The highest BCUT2D eigenvalue weighted by molar-refractivity contribution is 5.99. The predicted octanol–water partition coefficient (Wildman–Crippen LogP) is 4.63. The minimum Gasteiger partial charge on any atom is -0.493 e. The van der Waals surface area contributed by atoms with Gasteiger partial charge in [0.1, 0.15) is 17.2 Å². The minimum atomic E-state index is -0.478. The van der Waals surface area contributed by atoms with E-state index < -0.39 is 6.23 Å². The van der Waals surface area contributed by atoms with Gasteiger partial charge in [0.05, 0.1) is 25.8 Å². The summed E-state index contributed by atoms with van der Waals surface area (Å²) in [5, 5.41) is 6.84. The molecule has 0 radical (unpaired) electrons. The topological polar surface area (TPSA) is 73.5 Å². The smallest absolute Gasteiger partial charge is 0.337 e. The third kappa shape index (κ3) is 3.22. The standard InChI is InChI=1S/C24H22N2O5/c1-14-7-12-20(30-14)18-13-19-17-5-4-6-21(28-2)22(17)31-23(26(19)25-18)15-8-10-16(11-9-15)24(27)29-3/h4-12,19,23H,13H2,1-3H3/t19-,23+/m1/s1. The van der Waals surface area contributed by atoms with Gasteiger partial charge in [-0.25, -0.2) is 9.80 Å². The first-order valence-corrected chi connectivity index (χ1v) is 10.0. The molecule has 2 aliphatic rings. The molecule has 0 aliphatic carbocycles. The van der Waals surface area contributed by atoms with Crippen LogP contribution in [0, 0.1) is 6.92 Å². The number of hydrazone groups is 1. The Morgan fingerprint density at radius 1 is 1.10 bits per heavy atom. The zero-order valence-electron chi connectivity index (χ0n) is 17.5. The van der Waals surface area contributed by atoms with E-state index in [-0.39, 0.29) is 12.0 Å². The summed E-state index contributed by atoms with van der Waals surface area (Å²) in [7, 11) is 3.00. The number of nitrogens with zero attached hydrogens (tertiary/aromatic N) is 2. The Morgan fingerprint density at radius 3 is 2.58 bits per heavy atom. The van der Waals surface area contributed by atoms with Crippen molar-refractivity contribution in [3.05, 3.63) is 82.8 Å². The highest BCUT2D eigenvalue weighted by Gasteiger charge is 2.42. The molecule has 158 valence electrons. The first-order valence-electron chi connectivity index (χ1n) is 10.0. The third-order valence-corrected chi connectivity index (χ3v) is 5.64. The van der Waals surface area contributed by atoms with Crippen molar-refractivity contribution < 1.29 is 23.4 Å². The Hall–Kier alpha value is -3.74. The van der Waals surface area contributed by atoms with Crippen molar-refractivity contribution in [1.29, 1.82) is 0 Å². The van der Waals surface area contributed by atoms with Gasteiger partial charge in [0, 0.05) is 17.5 Å². The zero-order chi connectivity index (χ0) is 21.5. The number of esters is 1. The number of hydrogen-bond acceptors (Lipinski definition) is 7. The molecule has 0 bridgehead atoms. The summed E-state index contributed by atoms with van der Waals surface area (Å²) in [6.45, 7) is 1.92. The van der Waals surface area contributed by atoms with Gasteiger partial charge < -0.3 is 18.6 Å². The number of hydrogen-bond donors (Lipinski definition) is 0. The van der Waals surface area contributed by atoms with E-state index >= 15 is 0 Å². The molecule has 3 aromatic rings. The van der Waals surface area contributed by atoms with Gasteiger partial charge in [-0.2, -0.15) is 5.10 Å². The molecule has 3 heterocycles. The van der Waals surface area contributed by atoms with Crippen LogP contribution in [0.15, 0.2) is 64.1 Å². The van der Waals surface area contributed by atoms with Crippen molar-refractivity contribution in [2.45, 2.75) is 25.6 Å². The first kappa shape index (κ1) is 19.2. The van der Waals surface area contributed by atoms with Crippen LogP contribution in [0.4, 0.5) is 0 Å². The van der Waals surface area contributed by atoms with Gasteiger partial charge in [-0.1, -0.05) is 24.3 Å². The van der Waals surface area contributed by atoms with Gasteiger partial charge >= 0.3 is 5.97 Å². The number of carbonyl (C=O) groups excluding carboxylic acids is 1. The monoisotopic (exact) mass is 418 g/mol. The molecule has 2 atom stereocenters. The average molecular weight is 418 g/mol. The minimum absolute atomic E-state index is 0.0236. The fourth-order valence-electron chi connectivity index (χ4n) is 4.10. The predicted molar refractivity (Wildman–Crippen MR) is 113 cm³/mol. The van der Waals surface area contributed by atoms with Crippen LogP contribution in [0.25, 0.3) is 0 Å². The van der Waals surface area contributed by atoms with Crippen LogP contribution in [-0.2, 0) is 4.74 Å². The molecule has 0 fully saturated rings. The molecule has 1 aromatic heterocycles. The third-order valence-electron chi connectivity index (χ3n) is 5.64. The lowest BCUT2D eigenvalue weighted by molar-refractivity contribution is -0.0209. The number of ether oxygens (including phenoxy) is 3. The number of methoxy groups -OCH3 is 2. The second kappa shape index (κ2) is 7.50. The highest BCUT2D eigenvalue weighted by atomic mass is 16.5. The maximum absolute atomic E-state index is 11.8. The second-order valence-electron chi connectivity index (χ2n) is 7.52. The lowest BCUT2D eigenvalue weighted by Crippen LogP contribution is -2.33. The van der Waals surface area contributed by atoms with Crippen molar-refractivity contribution >= 4 is 11.7 Å². The molecule has 0 N–H and O–H groups in total. The normalized spacial score (nSPS) is 19.2. The molecule has 2 aliphatic heterocycles. The van der Waals surface area contributed by atoms with Crippen molar-refractivity contribution in [2.24, 2.45) is 5.10 Å². The van der Waals surface area contributed by atoms with Crippen molar-refractivity contribution in [1.82, 2.24) is 5.01 Å². The number of fused-ring (bicyclic) bond motifs is 3. The van der Waals surface area contributed by atoms with Crippen molar-refractivity contribution in [2.75, 3.05) is 14.2 Å². The van der Waals surface area contributed by atoms with Gasteiger partial charge in [-0.15, -0.1) is 0 Å². The van der Waals surface area contributed by atoms with E-state index in [4.69, 9.17) is 23.7 Å². The average Bonchev–Trinajstić information content (AvgIpc) is 3.44. The van der Waals surface area contributed by atoms with E-state index in [9.17, 15) is 4.79 Å². The Labute approximate surface area is 179 Å². The van der Waals surface area contributed by atoms with Crippen LogP contribution in [-0.4, -0.2) is 30.9 Å². The van der Waals surface area contributed by atoms with Crippen molar-refractivity contribution in [3.8, 4) is 11.5 Å². The number of aryl methyl sites for hydroxylation is 1. The summed E-state index contributed by atoms with van der Waals surface area (Å²) < 4.78 is 22.6. The van der Waals surface area contributed by atoms with Crippen LogP contribution in [0.1, 0.15) is 51.7 Å². The molecule has 0 saturated carbocycles. The number of benzene rings is 2. The Balaban J connectivity index is 1.58. The Bertz CT molecular complexity index is 1160. The zero-order valence-corrected chi connectivity index (χ0v) is 17.5.